The monoisotopic (exact) mass is 270 g/mol. The Balaban J connectivity index is 2.79. The minimum atomic E-state index is 0.340. The van der Waals surface area contributed by atoms with Crippen LogP contribution in [0.25, 0.3) is 0 Å². The molecule has 0 aliphatic carbocycles. The molecule has 0 bridgehead atoms. The molecule has 0 spiro atoms. The lowest BCUT2D eigenvalue weighted by Crippen LogP contribution is -2.20. The number of ether oxygens (including phenoxy) is 1. The van der Waals surface area contributed by atoms with E-state index in [1.807, 2.05) is 6.07 Å². The van der Waals surface area contributed by atoms with Gasteiger partial charge in [0.15, 0.2) is 0 Å². The molecular weight excluding hydrogens is 252 g/mol. The van der Waals surface area contributed by atoms with Gasteiger partial charge in [-0.3, -0.25) is 0 Å². The molecule has 0 amide bonds. The molecule has 1 nitrogen and oxygen atoms in total. The van der Waals surface area contributed by atoms with E-state index in [0.717, 1.165) is 17.5 Å². The van der Waals surface area contributed by atoms with Crippen molar-refractivity contribution in [2.75, 3.05) is 12.4 Å². The summed E-state index contributed by atoms with van der Waals surface area (Å²) in [6, 6.07) is 8.33. The molecule has 0 aliphatic heterocycles. The van der Waals surface area contributed by atoms with Crippen LogP contribution in [0.1, 0.15) is 25.8 Å². The van der Waals surface area contributed by atoms with Crippen molar-refractivity contribution < 1.29 is 4.74 Å². The fourth-order valence-corrected chi connectivity index (χ4v) is 2.14. The predicted molar refractivity (Wildman–Crippen MR) is 68.9 cm³/mol. The van der Waals surface area contributed by atoms with Crippen LogP contribution in [-0.2, 0) is 6.42 Å². The summed E-state index contributed by atoms with van der Waals surface area (Å²) >= 11 is 3.59. The van der Waals surface area contributed by atoms with E-state index in [4.69, 9.17) is 4.74 Å². The van der Waals surface area contributed by atoms with Crippen molar-refractivity contribution in [3.05, 3.63) is 29.8 Å². The second kappa shape index (κ2) is 5.55. The fraction of sp³-hybridized carbons (Fsp3) is 0.538. The molecule has 0 saturated carbocycles. The Kier molecular flexibility index (Phi) is 4.65. The third-order valence-electron chi connectivity index (χ3n) is 2.94. The van der Waals surface area contributed by atoms with Gasteiger partial charge >= 0.3 is 0 Å². The molecular formula is C13H19BrO. The van der Waals surface area contributed by atoms with Gasteiger partial charge in [0.1, 0.15) is 5.75 Å². The Labute approximate surface area is 101 Å². The number of halogens is 1. The molecule has 0 saturated heterocycles. The van der Waals surface area contributed by atoms with Crippen LogP contribution in [0.4, 0.5) is 0 Å². The van der Waals surface area contributed by atoms with Gasteiger partial charge < -0.3 is 4.74 Å². The van der Waals surface area contributed by atoms with Crippen LogP contribution in [0.2, 0.25) is 0 Å². The van der Waals surface area contributed by atoms with Crippen LogP contribution < -0.4 is 4.74 Å². The smallest absolute Gasteiger partial charge is 0.119 e. The first kappa shape index (κ1) is 12.6. The molecule has 0 fully saturated rings. The van der Waals surface area contributed by atoms with Crippen molar-refractivity contribution >= 4 is 15.9 Å². The molecule has 1 atom stereocenters. The fourth-order valence-electron chi connectivity index (χ4n) is 1.54. The Bertz CT molecular complexity index is 305. The van der Waals surface area contributed by atoms with E-state index in [9.17, 15) is 0 Å². The van der Waals surface area contributed by atoms with Gasteiger partial charge in [-0.1, -0.05) is 41.9 Å². The minimum absolute atomic E-state index is 0.340. The van der Waals surface area contributed by atoms with Crippen LogP contribution in [0, 0.1) is 5.41 Å². The van der Waals surface area contributed by atoms with Crippen LogP contribution in [0.3, 0.4) is 0 Å². The Hall–Kier alpha value is -0.500. The number of alkyl halides is 1. The quantitative estimate of drug-likeness (QED) is 0.734. The lowest BCUT2D eigenvalue weighted by molar-refractivity contribution is 0.360. The highest BCUT2D eigenvalue weighted by Crippen LogP contribution is 2.29. The Morgan fingerprint density at radius 2 is 2.13 bits per heavy atom. The first-order valence-corrected chi connectivity index (χ1v) is 6.44. The van der Waals surface area contributed by atoms with Crippen LogP contribution >= 0.6 is 15.9 Å². The first-order chi connectivity index (χ1) is 7.13. The van der Waals surface area contributed by atoms with Gasteiger partial charge in [0.25, 0.3) is 0 Å². The van der Waals surface area contributed by atoms with Crippen molar-refractivity contribution in [1.82, 2.24) is 0 Å². The molecule has 2 heteroatoms. The molecule has 15 heavy (non-hydrogen) atoms. The van der Waals surface area contributed by atoms with Crippen molar-refractivity contribution in [2.24, 2.45) is 5.41 Å². The number of benzene rings is 1. The standard InChI is InChI=1S/C13H19BrO/c1-4-13(2,10-14)9-11-6-5-7-12(8-11)15-3/h5-8H,4,9-10H2,1-3H3. The summed E-state index contributed by atoms with van der Waals surface area (Å²) in [5.74, 6) is 0.945. The normalized spacial score (nSPS) is 14.7. The first-order valence-electron chi connectivity index (χ1n) is 5.32. The highest BCUT2D eigenvalue weighted by Gasteiger charge is 2.20. The third-order valence-corrected chi connectivity index (χ3v) is 4.29. The van der Waals surface area contributed by atoms with Gasteiger partial charge in [0.05, 0.1) is 7.11 Å². The summed E-state index contributed by atoms with van der Waals surface area (Å²) in [5.41, 5.74) is 1.69. The highest BCUT2D eigenvalue weighted by molar-refractivity contribution is 9.09. The van der Waals surface area contributed by atoms with Crippen molar-refractivity contribution in [3.63, 3.8) is 0 Å². The lowest BCUT2D eigenvalue weighted by Gasteiger charge is -2.25. The lowest BCUT2D eigenvalue weighted by atomic mass is 9.83. The SMILES string of the molecule is CCC(C)(CBr)Cc1cccc(OC)c1. The van der Waals surface area contributed by atoms with Crippen LogP contribution in [0.5, 0.6) is 5.75 Å². The van der Waals surface area contributed by atoms with E-state index < -0.39 is 0 Å². The van der Waals surface area contributed by atoms with Gasteiger partial charge in [-0.05, 0) is 36.0 Å². The van der Waals surface area contributed by atoms with E-state index in [2.05, 4.69) is 48.0 Å². The largest absolute Gasteiger partial charge is 0.497 e. The van der Waals surface area contributed by atoms with E-state index in [1.54, 1.807) is 7.11 Å². The number of hydrogen-bond donors (Lipinski definition) is 0. The van der Waals surface area contributed by atoms with Crippen molar-refractivity contribution in [2.45, 2.75) is 26.7 Å². The van der Waals surface area contributed by atoms with Crippen LogP contribution in [-0.4, -0.2) is 12.4 Å². The van der Waals surface area contributed by atoms with Gasteiger partial charge in [-0.2, -0.15) is 0 Å². The summed E-state index contributed by atoms with van der Waals surface area (Å²) in [5, 5.41) is 1.04. The van der Waals surface area contributed by atoms with E-state index in [0.29, 0.717) is 5.41 Å². The molecule has 1 aromatic carbocycles. The summed E-state index contributed by atoms with van der Waals surface area (Å²) < 4.78 is 5.22. The molecule has 0 heterocycles. The number of rotatable bonds is 5. The molecule has 0 aromatic heterocycles. The molecule has 0 radical (unpaired) electrons. The minimum Gasteiger partial charge on any atom is -0.497 e. The van der Waals surface area contributed by atoms with Gasteiger partial charge in [0, 0.05) is 5.33 Å². The third kappa shape index (κ3) is 3.53. The Morgan fingerprint density at radius 1 is 1.40 bits per heavy atom. The molecule has 0 N–H and O–H groups in total. The zero-order valence-electron chi connectivity index (χ0n) is 9.72. The van der Waals surface area contributed by atoms with Crippen molar-refractivity contribution in [1.29, 1.82) is 0 Å². The summed E-state index contributed by atoms with van der Waals surface area (Å²) in [7, 11) is 1.71. The molecule has 1 unspecified atom stereocenters. The Morgan fingerprint density at radius 3 is 2.67 bits per heavy atom. The van der Waals surface area contributed by atoms with E-state index in [1.165, 1.54) is 12.0 Å². The van der Waals surface area contributed by atoms with Crippen LogP contribution in [0.15, 0.2) is 24.3 Å². The second-order valence-electron chi connectivity index (χ2n) is 4.33. The second-order valence-corrected chi connectivity index (χ2v) is 4.89. The maximum atomic E-state index is 5.22. The number of hydrogen-bond acceptors (Lipinski definition) is 1. The predicted octanol–water partition coefficient (Wildman–Crippen LogP) is 4.05. The average Bonchev–Trinajstić information content (AvgIpc) is 2.29. The maximum absolute atomic E-state index is 5.22. The maximum Gasteiger partial charge on any atom is 0.119 e. The summed E-state index contributed by atoms with van der Waals surface area (Å²) in [6.45, 7) is 4.54. The molecule has 1 rings (SSSR count). The van der Waals surface area contributed by atoms with Gasteiger partial charge in [-0.15, -0.1) is 0 Å². The topological polar surface area (TPSA) is 9.23 Å². The zero-order chi connectivity index (χ0) is 11.3. The molecule has 84 valence electrons. The summed E-state index contributed by atoms with van der Waals surface area (Å²) in [6.07, 6.45) is 2.27. The number of methoxy groups -OCH3 is 1. The van der Waals surface area contributed by atoms with Gasteiger partial charge in [0.2, 0.25) is 0 Å². The van der Waals surface area contributed by atoms with E-state index >= 15 is 0 Å². The average molecular weight is 271 g/mol. The van der Waals surface area contributed by atoms with Crippen molar-refractivity contribution in [3.8, 4) is 5.75 Å². The van der Waals surface area contributed by atoms with Gasteiger partial charge in [-0.25, -0.2) is 0 Å². The summed E-state index contributed by atoms with van der Waals surface area (Å²) in [4.78, 5) is 0. The molecule has 1 aromatic rings. The highest BCUT2D eigenvalue weighted by atomic mass is 79.9. The molecule has 0 aliphatic rings. The van der Waals surface area contributed by atoms with E-state index in [-0.39, 0.29) is 0 Å². The zero-order valence-corrected chi connectivity index (χ0v) is 11.3.